The molecule has 0 aliphatic rings. The fourth-order valence-electron chi connectivity index (χ4n) is 0. The molecule has 0 aromatic carbocycles. The summed E-state index contributed by atoms with van der Waals surface area (Å²) in [6.45, 7) is 0. The van der Waals surface area contributed by atoms with Crippen molar-refractivity contribution in [3.05, 3.63) is 0 Å². The van der Waals surface area contributed by atoms with Crippen molar-refractivity contribution in [1.82, 2.24) is 0 Å². The molecule has 0 saturated carbocycles. The molecule has 0 amide bonds. The third-order valence-corrected chi connectivity index (χ3v) is 0. The summed E-state index contributed by atoms with van der Waals surface area (Å²) in [6.07, 6.45) is 0. The van der Waals surface area contributed by atoms with Crippen LogP contribution in [-0.4, -0.2) is 14.7 Å². The molecule has 3 N–H and O–H groups in total. The van der Waals surface area contributed by atoms with E-state index in [0.29, 0.717) is 0 Å². The average Bonchev–Trinajstić information content (AvgIpc) is 0.722. The van der Waals surface area contributed by atoms with Crippen LogP contribution >= 0.6 is 7.82 Å². The van der Waals surface area contributed by atoms with E-state index in [-0.39, 0.29) is 33.8 Å². The van der Waals surface area contributed by atoms with E-state index in [0.717, 1.165) is 0 Å². The van der Waals surface area contributed by atoms with Gasteiger partial charge < -0.3 is 16.1 Å². The summed E-state index contributed by atoms with van der Waals surface area (Å²) in [5.74, 6) is 0. The predicted molar refractivity (Wildman–Crippen MR) is 17.6 cm³/mol. The van der Waals surface area contributed by atoms with Crippen molar-refractivity contribution in [3.8, 4) is 0 Å². The second kappa shape index (κ2) is 3.16. The molecule has 0 fully saturated rings. The fourth-order valence-corrected chi connectivity index (χ4v) is 0. The van der Waals surface area contributed by atoms with Gasteiger partial charge in [0.2, 0.25) is 0 Å². The Morgan fingerprint density at radius 2 is 1.50 bits per heavy atom. The van der Waals surface area contributed by atoms with E-state index in [4.69, 9.17) is 19.2 Å². The van der Waals surface area contributed by atoms with Crippen LogP contribution in [-0.2, 0) is 4.57 Å². The molecular formula is H6NaO4P+2. The molecule has 0 rings (SSSR count). The first-order chi connectivity index (χ1) is 2.00. The van der Waals surface area contributed by atoms with Crippen LogP contribution in [0.1, 0.15) is 4.28 Å². The van der Waals surface area contributed by atoms with Gasteiger partial charge in [0.05, 0.1) is 0 Å². The molecule has 0 aliphatic carbocycles. The molecule has 0 atom stereocenters. The maximum atomic E-state index is 8.88. The van der Waals surface area contributed by atoms with Crippen LogP contribution in [0.25, 0.3) is 0 Å². The Hall–Kier alpha value is 1.11. The van der Waals surface area contributed by atoms with Crippen molar-refractivity contribution >= 4 is 7.82 Å². The smallest absolute Gasteiger partial charge is 1.00 e. The molecule has 4 nitrogen and oxygen atoms in total. The van der Waals surface area contributed by atoms with Crippen LogP contribution in [0.15, 0.2) is 0 Å². The van der Waals surface area contributed by atoms with Gasteiger partial charge in [0.25, 0.3) is 0 Å². The van der Waals surface area contributed by atoms with Gasteiger partial charge in [-0.25, -0.2) is 4.57 Å². The Kier molecular flexibility index (Phi) is 5.35. The molecule has 6 heavy (non-hydrogen) atoms. The summed E-state index contributed by atoms with van der Waals surface area (Å²) in [7, 11) is -4.64. The normalized spacial score (nSPS) is 9.83. The molecular weight excluding hydrogens is 118 g/mol. The maximum absolute atomic E-state index is 8.88. The summed E-state index contributed by atoms with van der Waals surface area (Å²) in [4.78, 5) is 21.6. The van der Waals surface area contributed by atoms with Crippen molar-refractivity contribution in [1.29, 1.82) is 0 Å². The van der Waals surface area contributed by atoms with Crippen molar-refractivity contribution in [3.63, 3.8) is 0 Å². The molecule has 0 radical (unpaired) electrons. The minimum Gasteiger partial charge on any atom is -1.00 e. The molecule has 6 heteroatoms. The molecule has 0 aliphatic heterocycles. The number of hydrogen-bond acceptors (Lipinski definition) is 1. The quantitative estimate of drug-likeness (QED) is 0.230. The molecule has 0 aromatic heterocycles. The second-order valence-corrected chi connectivity index (χ2v) is 1.54. The Bertz CT molecular complexity index is 61.9. The number of rotatable bonds is 0. The van der Waals surface area contributed by atoms with Gasteiger partial charge in [-0.3, -0.25) is 0 Å². The summed E-state index contributed by atoms with van der Waals surface area (Å²) >= 11 is 0. The van der Waals surface area contributed by atoms with Gasteiger partial charge in [0.15, 0.2) is 0 Å². The molecule has 0 bridgehead atoms. The van der Waals surface area contributed by atoms with Gasteiger partial charge in [-0.2, -0.15) is 0 Å². The van der Waals surface area contributed by atoms with Crippen molar-refractivity contribution in [2.45, 2.75) is 0 Å². The monoisotopic (exact) mass is 124 g/mol. The van der Waals surface area contributed by atoms with Gasteiger partial charge in [-0.1, -0.05) is 0 Å². The van der Waals surface area contributed by atoms with Crippen molar-refractivity contribution < 1.29 is 53.1 Å². The maximum Gasteiger partial charge on any atom is 1.00 e. The second-order valence-electron chi connectivity index (χ2n) is 0.513. The summed E-state index contributed by atoms with van der Waals surface area (Å²) in [5, 5.41) is 0. The van der Waals surface area contributed by atoms with Crippen LogP contribution in [0, 0.1) is 0 Å². The third-order valence-electron chi connectivity index (χ3n) is 0. The van der Waals surface area contributed by atoms with Gasteiger partial charge in [-0.05, 0) is 0 Å². The zero-order valence-corrected chi connectivity index (χ0v) is 6.09. The SMILES string of the molecule is O=P(O)(O)O.[H+].[H+].[H-].[Na+]. The third kappa shape index (κ3) is 70.1. The minimum absolute atomic E-state index is 0. The zero-order valence-electron chi connectivity index (χ0n) is 6.20. The van der Waals surface area contributed by atoms with E-state index >= 15 is 0 Å². The zero-order chi connectivity index (χ0) is 4.50. The van der Waals surface area contributed by atoms with Crippen LogP contribution in [0.3, 0.4) is 0 Å². The predicted octanol–water partition coefficient (Wildman–Crippen LogP) is -3.59. The topological polar surface area (TPSA) is 77.8 Å². The van der Waals surface area contributed by atoms with Crippen LogP contribution in [0.5, 0.6) is 0 Å². The Labute approximate surface area is 61.2 Å². The first-order valence-electron chi connectivity index (χ1n) is 0.783. The molecule has 0 spiro atoms. The number of phosphoric acid groups is 1. The standard InChI is InChI=1S/Na.H3O4P.H/c;1-5(2,3)4;/h;(H3,1,2,3,4);/q+1;;-1/p+2. The molecule has 0 saturated heterocycles. The van der Waals surface area contributed by atoms with Crippen LogP contribution < -0.4 is 29.6 Å². The van der Waals surface area contributed by atoms with Gasteiger partial charge in [0, 0.05) is 0 Å². The Balaban J connectivity index is -0.0000000133. The van der Waals surface area contributed by atoms with Gasteiger partial charge >= 0.3 is 40.2 Å². The summed E-state index contributed by atoms with van der Waals surface area (Å²) < 4.78 is 8.88. The van der Waals surface area contributed by atoms with E-state index in [1.807, 2.05) is 0 Å². The molecule has 34 valence electrons. The van der Waals surface area contributed by atoms with Crippen molar-refractivity contribution in [2.75, 3.05) is 0 Å². The first-order valence-corrected chi connectivity index (χ1v) is 2.35. The fraction of sp³-hybridized carbons (Fsp3) is 0. The minimum atomic E-state index is -4.64. The largest absolute Gasteiger partial charge is 1.00 e. The van der Waals surface area contributed by atoms with Crippen LogP contribution in [0.4, 0.5) is 0 Å². The van der Waals surface area contributed by atoms with Gasteiger partial charge in [0.1, 0.15) is 0 Å². The number of hydrogen-bond donors (Lipinski definition) is 3. The van der Waals surface area contributed by atoms with Crippen LogP contribution in [0.2, 0.25) is 0 Å². The van der Waals surface area contributed by atoms with E-state index in [1.165, 1.54) is 0 Å². The average molecular weight is 124 g/mol. The molecule has 0 aromatic rings. The van der Waals surface area contributed by atoms with Gasteiger partial charge in [-0.15, -0.1) is 0 Å². The Morgan fingerprint density at radius 3 is 1.50 bits per heavy atom. The van der Waals surface area contributed by atoms with E-state index in [9.17, 15) is 0 Å². The molecule has 0 unspecified atom stereocenters. The van der Waals surface area contributed by atoms with E-state index in [2.05, 4.69) is 0 Å². The van der Waals surface area contributed by atoms with E-state index < -0.39 is 7.82 Å². The van der Waals surface area contributed by atoms with Crippen molar-refractivity contribution in [2.24, 2.45) is 0 Å². The van der Waals surface area contributed by atoms with E-state index in [1.54, 1.807) is 0 Å². The summed E-state index contributed by atoms with van der Waals surface area (Å²) in [5.41, 5.74) is 0. The first kappa shape index (κ1) is 10.2. The summed E-state index contributed by atoms with van der Waals surface area (Å²) in [6, 6.07) is 0. The molecule has 0 heterocycles. The Morgan fingerprint density at radius 1 is 1.50 bits per heavy atom.